The fourth-order valence-corrected chi connectivity index (χ4v) is 1.28. The van der Waals surface area contributed by atoms with Gasteiger partial charge in [0.05, 0.1) is 5.60 Å². The van der Waals surface area contributed by atoms with E-state index in [0.29, 0.717) is 18.3 Å². The molecule has 0 aromatic rings. The van der Waals surface area contributed by atoms with Crippen LogP contribution in [0.15, 0.2) is 0 Å². The van der Waals surface area contributed by atoms with E-state index in [4.69, 9.17) is 10.5 Å². The molecule has 0 aromatic heterocycles. The molecule has 0 saturated heterocycles. The summed E-state index contributed by atoms with van der Waals surface area (Å²) in [5.41, 5.74) is 5.21. The summed E-state index contributed by atoms with van der Waals surface area (Å²) in [5, 5.41) is 0. The lowest BCUT2D eigenvalue weighted by molar-refractivity contribution is -0.120. The molecule has 3 nitrogen and oxygen atoms in total. The number of primary amides is 1. The average Bonchev–Trinajstić information content (AvgIpc) is 2.29. The van der Waals surface area contributed by atoms with Gasteiger partial charge in [0.25, 0.3) is 0 Å². The van der Waals surface area contributed by atoms with E-state index in [1.807, 2.05) is 27.7 Å². The minimum Gasteiger partial charge on any atom is -0.376 e. The molecule has 0 radical (unpaired) electrons. The largest absolute Gasteiger partial charge is 0.376 e. The summed E-state index contributed by atoms with van der Waals surface area (Å²) in [6.07, 6.45) is 3.28. The van der Waals surface area contributed by atoms with Gasteiger partial charge in [-0.2, -0.15) is 0 Å². The average molecular weight is 259 g/mol. The van der Waals surface area contributed by atoms with Gasteiger partial charge in [-0.3, -0.25) is 4.79 Å². The zero-order chi connectivity index (χ0) is 14.8. The van der Waals surface area contributed by atoms with Crippen molar-refractivity contribution in [3.8, 4) is 0 Å². The van der Waals surface area contributed by atoms with Crippen molar-refractivity contribution in [3.05, 3.63) is 0 Å². The van der Waals surface area contributed by atoms with E-state index in [1.165, 1.54) is 0 Å². The molecule has 0 aliphatic heterocycles. The van der Waals surface area contributed by atoms with Crippen molar-refractivity contribution in [2.75, 3.05) is 6.61 Å². The molecule has 1 amide bonds. The highest BCUT2D eigenvalue weighted by molar-refractivity contribution is 5.73. The van der Waals surface area contributed by atoms with Gasteiger partial charge in [-0.05, 0) is 32.1 Å². The van der Waals surface area contributed by atoms with Crippen molar-refractivity contribution >= 4 is 5.91 Å². The van der Waals surface area contributed by atoms with E-state index in [9.17, 15) is 4.79 Å². The standard InChI is InChI=1S/C13H27NO2.C2H6/c1-6-12(2,3)9-10-16-13(4,5)8-7-11(14)15;1-2/h6-10H2,1-5H3,(H2,14,15);1-2H3. The summed E-state index contributed by atoms with van der Waals surface area (Å²) >= 11 is 0. The third kappa shape index (κ3) is 11.9. The molecule has 18 heavy (non-hydrogen) atoms. The van der Waals surface area contributed by atoms with Crippen molar-refractivity contribution in [2.45, 2.75) is 79.8 Å². The van der Waals surface area contributed by atoms with E-state index in [2.05, 4.69) is 20.8 Å². The molecule has 0 heterocycles. The number of nitrogens with two attached hydrogens (primary N) is 1. The van der Waals surface area contributed by atoms with Gasteiger partial charge >= 0.3 is 0 Å². The van der Waals surface area contributed by atoms with E-state index < -0.39 is 0 Å². The number of ether oxygens (including phenoxy) is 1. The van der Waals surface area contributed by atoms with Crippen LogP contribution in [0.2, 0.25) is 0 Å². The lowest BCUT2D eigenvalue weighted by atomic mass is 9.87. The second-order valence-corrected chi connectivity index (χ2v) is 5.84. The third-order valence-electron chi connectivity index (χ3n) is 3.20. The summed E-state index contributed by atoms with van der Waals surface area (Å²) < 4.78 is 5.81. The summed E-state index contributed by atoms with van der Waals surface area (Å²) in [6.45, 7) is 15.4. The van der Waals surface area contributed by atoms with Crippen molar-refractivity contribution in [2.24, 2.45) is 11.1 Å². The van der Waals surface area contributed by atoms with Crippen molar-refractivity contribution < 1.29 is 9.53 Å². The second-order valence-electron chi connectivity index (χ2n) is 5.84. The highest BCUT2D eigenvalue weighted by Gasteiger charge is 2.21. The number of amides is 1. The van der Waals surface area contributed by atoms with Crippen LogP contribution in [0.25, 0.3) is 0 Å². The summed E-state index contributed by atoms with van der Waals surface area (Å²) in [7, 11) is 0. The topological polar surface area (TPSA) is 52.3 Å². The molecular formula is C15H33NO2. The summed E-state index contributed by atoms with van der Waals surface area (Å²) in [6, 6.07) is 0. The number of hydrogen-bond donors (Lipinski definition) is 1. The Hall–Kier alpha value is -0.570. The second kappa shape index (κ2) is 9.37. The van der Waals surface area contributed by atoms with Crippen molar-refractivity contribution in [3.63, 3.8) is 0 Å². The Morgan fingerprint density at radius 2 is 1.61 bits per heavy atom. The van der Waals surface area contributed by atoms with Gasteiger partial charge in [0.1, 0.15) is 0 Å². The number of hydrogen-bond acceptors (Lipinski definition) is 2. The molecule has 0 rings (SSSR count). The molecule has 0 bridgehead atoms. The van der Waals surface area contributed by atoms with Gasteiger partial charge in [0.2, 0.25) is 5.91 Å². The Balaban J connectivity index is 0. The Morgan fingerprint density at radius 3 is 2.00 bits per heavy atom. The first-order valence-electron chi connectivity index (χ1n) is 7.11. The lowest BCUT2D eigenvalue weighted by Crippen LogP contribution is -2.28. The molecular weight excluding hydrogens is 226 g/mol. The molecule has 0 aliphatic rings. The molecule has 2 N–H and O–H groups in total. The Bertz CT molecular complexity index is 223. The van der Waals surface area contributed by atoms with E-state index in [0.717, 1.165) is 19.4 Å². The summed E-state index contributed by atoms with van der Waals surface area (Å²) in [5.74, 6) is -0.259. The van der Waals surface area contributed by atoms with Crippen molar-refractivity contribution in [1.82, 2.24) is 0 Å². The Kier molecular flexibility index (Phi) is 10.3. The van der Waals surface area contributed by atoms with Crippen LogP contribution >= 0.6 is 0 Å². The van der Waals surface area contributed by atoms with Crippen molar-refractivity contribution in [1.29, 1.82) is 0 Å². The van der Waals surface area contributed by atoms with Crippen LogP contribution in [0.4, 0.5) is 0 Å². The minimum atomic E-state index is -0.259. The Labute approximate surface area is 113 Å². The highest BCUT2D eigenvalue weighted by Crippen LogP contribution is 2.26. The summed E-state index contributed by atoms with van der Waals surface area (Å²) in [4.78, 5) is 10.7. The molecule has 0 fully saturated rings. The first-order valence-corrected chi connectivity index (χ1v) is 7.11. The molecule has 0 atom stereocenters. The normalized spacial score (nSPS) is 11.7. The van der Waals surface area contributed by atoms with Crippen LogP contribution in [0.3, 0.4) is 0 Å². The maximum absolute atomic E-state index is 10.7. The van der Waals surface area contributed by atoms with E-state index in [-0.39, 0.29) is 11.5 Å². The quantitative estimate of drug-likeness (QED) is 0.718. The van der Waals surface area contributed by atoms with Crippen LogP contribution in [-0.4, -0.2) is 18.1 Å². The maximum atomic E-state index is 10.7. The molecule has 0 aliphatic carbocycles. The van der Waals surface area contributed by atoms with Gasteiger partial charge in [0.15, 0.2) is 0 Å². The van der Waals surface area contributed by atoms with Crippen LogP contribution in [0.5, 0.6) is 0 Å². The number of rotatable bonds is 8. The highest BCUT2D eigenvalue weighted by atomic mass is 16.5. The molecule has 3 heteroatoms. The molecule has 0 unspecified atom stereocenters. The van der Waals surface area contributed by atoms with Crippen LogP contribution in [0, 0.1) is 5.41 Å². The maximum Gasteiger partial charge on any atom is 0.217 e. The molecule has 0 aromatic carbocycles. The van der Waals surface area contributed by atoms with Crippen LogP contribution in [-0.2, 0) is 9.53 Å². The SMILES string of the molecule is CC.CCC(C)(C)CCOC(C)(C)CCC(N)=O. The van der Waals surface area contributed by atoms with Gasteiger partial charge in [-0.1, -0.05) is 41.0 Å². The zero-order valence-corrected chi connectivity index (χ0v) is 13.4. The number of carbonyl (C=O) groups is 1. The first kappa shape index (κ1) is 19.8. The molecule has 0 saturated carbocycles. The molecule has 110 valence electrons. The predicted molar refractivity (Wildman–Crippen MR) is 78.5 cm³/mol. The fourth-order valence-electron chi connectivity index (χ4n) is 1.28. The molecule has 0 spiro atoms. The number of carbonyl (C=O) groups excluding carboxylic acids is 1. The van der Waals surface area contributed by atoms with Gasteiger partial charge < -0.3 is 10.5 Å². The zero-order valence-electron chi connectivity index (χ0n) is 13.4. The lowest BCUT2D eigenvalue weighted by Gasteiger charge is -2.28. The smallest absolute Gasteiger partial charge is 0.217 e. The third-order valence-corrected chi connectivity index (χ3v) is 3.20. The monoisotopic (exact) mass is 259 g/mol. The van der Waals surface area contributed by atoms with E-state index >= 15 is 0 Å². The van der Waals surface area contributed by atoms with Gasteiger partial charge in [-0.25, -0.2) is 0 Å². The fraction of sp³-hybridized carbons (Fsp3) is 0.933. The Morgan fingerprint density at radius 1 is 1.11 bits per heavy atom. The van der Waals surface area contributed by atoms with Crippen LogP contribution < -0.4 is 5.73 Å². The van der Waals surface area contributed by atoms with Gasteiger partial charge in [0, 0.05) is 13.0 Å². The van der Waals surface area contributed by atoms with Gasteiger partial charge in [-0.15, -0.1) is 0 Å². The minimum absolute atomic E-state index is 0.251. The van der Waals surface area contributed by atoms with E-state index in [1.54, 1.807) is 0 Å². The predicted octanol–water partition coefficient (Wildman–Crippen LogP) is 3.90. The first-order chi connectivity index (χ1) is 8.18. The van der Waals surface area contributed by atoms with Crippen LogP contribution in [0.1, 0.15) is 74.1 Å².